The Morgan fingerprint density at radius 2 is 2.05 bits per heavy atom. The molecular weight excluding hydrogens is 276 g/mol. The second kappa shape index (κ2) is 5.93. The average molecular weight is 294 g/mol. The Morgan fingerprint density at radius 1 is 1.20 bits per heavy atom. The van der Waals surface area contributed by atoms with Gasteiger partial charge < -0.3 is 4.74 Å². The monoisotopic (exact) mass is 294 g/mol. The van der Waals surface area contributed by atoms with Crippen LogP contribution in [0.4, 0.5) is 0 Å². The van der Waals surface area contributed by atoms with Gasteiger partial charge in [-0.05, 0) is 50.2 Å². The number of fused-ring (bicyclic) bond motifs is 1. The molecule has 1 unspecified atom stereocenters. The number of carbonyl (C=O) groups is 2. The Labute approximate surface area is 121 Å². The number of carbonyl (C=O) groups excluding carboxylic acids is 2. The molecule has 2 N–H and O–H groups in total. The van der Waals surface area contributed by atoms with Crippen LogP contribution in [-0.2, 0) is 22.4 Å². The smallest absolute Gasteiger partial charge is 0.279 e. The Bertz CT molecular complexity index is 497. The van der Waals surface area contributed by atoms with Gasteiger partial charge in [0.25, 0.3) is 11.8 Å². The Kier molecular flexibility index (Phi) is 4.03. The molecule has 1 aromatic rings. The van der Waals surface area contributed by atoms with E-state index < -0.39 is 6.10 Å². The fraction of sp³-hybridized carbons (Fsp3) is 0.571. The summed E-state index contributed by atoms with van der Waals surface area (Å²) in [6.45, 7) is 0.615. The van der Waals surface area contributed by atoms with Gasteiger partial charge in [0, 0.05) is 11.5 Å². The highest BCUT2D eigenvalue weighted by atomic mass is 32.1. The fourth-order valence-electron chi connectivity index (χ4n) is 2.65. The third-order valence-corrected chi connectivity index (χ3v) is 4.98. The predicted molar refractivity (Wildman–Crippen MR) is 75.5 cm³/mol. The quantitative estimate of drug-likeness (QED) is 0.814. The van der Waals surface area contributed by atoms with E-state index in [4.69, 9.17) is 4.74 Å². The highest BCUT2D eigenvalue weighted by molar-refractivity contribution is 7.14. The maximum absolute atomic E-state index is 12.0. The van der Waals surface area contributed by atoms with Crippen LogP contribution in [0.2, 0.25) is 0 Å². The number of thiophene rings is 1. The first-order chi connectivity index (χ1) is 9.74. The molecular formula is C14H18N2O3S. The minimum atomic E-state index is -0.424. The number of hydrazine groups is 1. The van der Waals surface area contributed by atoms with E-state index in [1.807, 2.05) is 6.07 Å². The van der Waals surface area contributed by atoms with E-state index in [0.29, 0.717) is 11.5 Å². The molecule has 6 heteroatoms. The van der Waals surface area contributed by atoms with E-state index in [0.717, 1.165) is 25.7 Å². The van der Waals surface area contributed by atoms with Gasteiger partial charge in [0.15, 0.2) is 0 Å². The normalized spacial score (nSPS) is 21.3. The van der Waals surface area contributed by atoms with Crippen LogP contribution in [0.1, 0.15) is 45.8 Å². The van der Waals surface area contributed by atoms with Crippen molar-refractivity contribution in [2.24, 2.45) is 0 Å². The topological polar surface area (TPSA) is 67.4 Å². The molecule has 1 aromatic heterocycles. The van der Waals surface area contributed by atoms with E-state index >= 15 is 0 Å². The van der Waals surface area contributed by atoms with Crippen molar-refractivity contribution in [2.75, 3.05) is 6.61 Å². The summed E-state index contributed by atoms with van der Waals surface area (Å²) >= 11 is 1.53. The largest absolute Gasteiger partial charge is 0.368 e. The SMILES string of the molecule is O=C(NNC(=O)C1CCCO1)c1cc2c(s1)CCCC2. The number of hydrogen-bond acceptors (Lipinski definition) is 4. The molecule has 1 aliphatic carbocycles. The van der Waals surface area contributed by atoms with Crippen LogP contribution in [-0.4, -0.2) is 24.5 Å². The minimum Gasteiger partial charge on any atom is -0.368 e. The molecule has 2 aliphatic rings. The number of hydrogen-bond donors (Lipinski definition) is 2. The van der Waals surface area contributed by atoms with Gasteiger partial charge in [-0.25, -0.2) is 0 Å². The van der Waals surface area contributed by atoms with Gasteiger partial charge in [-0.2, -0.15) is 0 Å². The summed E-state index contributed by atoms with van der Waals surface area (Å²) < 4.78 is 5.26. The van der Waals surface area contributed by atoms with Gasteiger partial charge in [0.2, 0.25) is 0 Å². The van der Waals surface area contributed by atoms with Crippen molar-refractivity contribution in [3.8, 4) is 0 Å². The molecule has 1 saturated heterocycles. The Morgan fingerprint density at radius 3 is 2.80 bits per heavy atom. The summed E-state index contributed by atoms with van der Waals surface area (Å²) in [6, 6.07) is 1.95. The zero-order chi connectivity index (χ0) is 13.9. The zero-order valence-corrected chi connectivity index (χ0v) is 12.1. The summed E-state index contributed by atoms with van der Waals surface area (Å²) in [7, 11) is 0. The molecule has 1 aliphatic heterocycles. The number of ether oxygens (including phenoxy) is 1. The number of rotatable bonds is 2. The Balaban J connectivity index is 1.56. The van der Waals surface area contributed by atoms with E-state index in [-0.39, 0.29) is 11.8 Å². The van der Waals surface area contributed by atoms with Gasteiger partial charge >= 0.3 is 0 Å². The standard InChI is InChI=1S/C14H18N2O3S/c17-13(10-5-3-7-19-10)15-16-14(18)12-8-9-4-1-2-6-11(9)20-12/h8,10H,1-7H2,(H,15,17)(H,16,18). The first-order valence-electron chi connectivity index (χ1n) is 7.07. The van der Waals surface area contributed by atoms with Crippen LogP contribution in [0.3, 0.4) is 0 Å². The predicted octanol–water partition coefficient (Wildman–Crippen LogP) is 1.57. The molecule has 2 amide bonds. The van der Waals surface area contributed by atoms with Crippen molar-refractivity contribution in [3.05, 3.63) is 21.4 Å². The van der Waals surface area contributed by atoms with Crippen LogP contribution in [0, 0.1) is 0 Å². The first-order valence-corrected chi connectivity index (χ1v) is 7.89. The summed E-state index contributed by atoms with van der Waals surface area (Å²) in [5.74, 6) is -0.507. The highest BCUT2D eigenvalue weighted by Crippen LogP contribution is 2.29. The van der Waals surface area contributed by atoms with Gasteiger partial charge in [-0.3, -0.25) is 20.4 Å². The van der Waals surface area contributed by atoms with E-state index in [9.17, 15) is 9.59 Å². The fourth-order valence-corrected chi connectivity index (χ4v) is 3.80. The van der Waals surface area contributed by atoms with Crippen molar-refractivity contribution in [3.63, 3.8) is 0 Å². The van der Waals surface area contributed by atoms with Gasteiger partial charge in [0.1, 0.15) is 6.10 Å². The first kappa shape index (κ1) is 13.6. The van der Waals surface area contributed by atoms with Crippen LogP contribution >= 0.6 is 11.3 Å². The molecule has 1 atom stereocenters. The maximum atomic E-state index is 12.0. The lowest BCUT2D eigenvalue weighted by molar-refractivity contribution is -0.130. The maximum Gasteiger partial charge on any atom is 0.279 e. The van der Waals surface area contributed by atoms with Gasteiger partial charge in [-0.15, -0.1) is 11.3 Å². The molecule has 0 aromatic carbocycles. The van der Waals surface area contributed by atoms with Crippen molar-refractivity contribution in [1.82, 2.24) is 10.9 Å². The average Bonchev–Trinajstić information content (AvgIpc) is 3.12. The Hall–Kier alpha value is -1.40. The lowest BCUT2D eigenvalue weighted by Crippen LogP contribution is -2.46. The summed E-state index contributed by atoms with van der Waals surface area (Å²) in [6.07, 6.45) is 5.70. The zero-order valence-electron chi connectivity index (χ0n) is 11.2. The van der Waals surface area contributed by atoms with Gasteiger partial charge in [0.05, 0.1) is 4.88 Å². The van der Waals surface area contributed by atoms with E-state index in [2.05, 4.69) is 10.9 Å². The van der Waals surface area contributed by atoms with Crippen molar-refractivity contribution < 1.29 is 14.3 Å². The minimum absolute atomic E-state index is 0.240. The lowest BCUT2D eigenvalue weighted by atomic mass is 9.99. The molecule has 0 bridgehead atoms. The molecule has 5 nitrogen and oxygen atoms in total. The summed E-state index contributed by atoms with van der Waals surface area (Å²) in [5, 5.41) is 0. The number of amides is 2. The number of nitrogens with one attached hydrogen (secondary N) is 2. The second-order valence-electron chi connectivity index (χ2n) is 5.21. The third kappa shape index (κ3) is 2.86. The molecule has 108 valence electrons. The molecule has 0 spiro atoms. The molecule has 2 heterocycles. The highest BCUT2D eigenvalue weighted by Gasteiger charge is 2.24. The van der Waals surface area contributed by atoms with Crippen molar-refractivity contribution >= 4 is 23.2 Å². The van der Waals surface area contributed by atoms with Crippen LogP contribution in [0.25, 0.3) is 0 Å². The van der Waals surface area contributed by atoms with Crippen LogP contribution < -0.4 is 10.9 Å². The van der Waals surface area contributed by atoms with Crippen LogP contribution in [0.15, 0.2) is 6.07 Å². The molecule has 0 radical (unpaired) electrons. The second-order valence-corrected chi connectivity index (χ2v) is 6.35. The molecule has 3 rings (SSSR count). The molecule has 20 heavy (non-hydrogen) atoms. The molecule has 0 saturated carbocycles. The van der Waals surface area contributed by atoms with Crippen molar-refractivity contribution in [2.45, 2.75) is 44.6 Å². The van der Waals surface area contributed by atoms with Gasteiger partial charge in [-0.1, -0.05) is 0 Å². The van der Waals surface area contributed by atoms with E-state index in [1.165, 1.54) is 34.6 Å². The third-order valence-electron chi connectivity index (χ3n) is 3.74. The summed E-state index contributed by atoms with van der Waals surface area (Å²) in [5.41, 5.74) is 6.21. The summed E-state index contributed by atoms with van der Waals surface area (Å²) in [4.78, 5) is 25.7. The van der Waals surface area contributed by atoms with Crippen molar-refractivity contribution in [1.29, 1.82) is 0 Å². The van der Waals surface area contributed by atoms with E-state index in [1.54, 1.807) is 0 Å². The van der Waals surface area contributed by atoms with Crippen LogP contribution in [0.5, 0.6) is 0 Å². The molecule has 1 fully saturated rings. The number of aryl methyl sites for hydroxylation is 2. The lowest BCUT2D eigenvalue weighted by Gasteiger charge is -2.10.